The fourth-order valence-electron chi connectivity index (χ4n) is 1.76. The third-order valence-corrected chi connectivity index (χ3v) is 2.64. The van der Waals surface area contributed by atoms with Gasteiger partial charge >= 0.3 is 6.09 Å². The van der Waals surface area contributed by atoms with Gasteiger partial charge in [-0.2, -0.15) is 0 Å². The Morgan fingerprint density at radius 1 is 1.41 bits per heavy atom. The summed E-state index contributed by atoms with van der Waals surface area (Å²) in [5.41, 5.74) is 0.625. The Morgan fingerprint density at radius 3 is 2.65 bits per heavy atom. The molecule has 1 aliphatic rings. The SMILES string of the molecule is CC(C)(C)OC(=O)N1CC(c2ccccn2)C1. The molecule has 0 radical (unpaired) electrons. The van der Waals surface area contributed by atoms with Crippen LogP contribution in [0.2, 0.25) is 0 Å². The molecule has 2 heterocycles. The maximum absolute atomic E-state index is 11.7. The number of carbonyl (C=O) groups is 1. The summed E-state index contributed by atoms with van der Waals surface area (Å²) in [6.07, 6.45) is 1.55. The molecule has 0 spiro atoms. The van der Waals surface area contributed by atoms with Crippen LogP contribution in [0.15, 0.2) is 24.4 Å². The van der Waals surface area contributed by atoms with E-state index < -0.39 is 5.60 Å². The van der Waals surface area contributed by atoms with Gasteiger partial charge in [-0.1, -0.05) is 6.07 Å². The summed E-state index contributed by atoms with van der Waals surface area (Å²) in [5.74, 6) is 0.351. The van der Waals surface area contributed by atoms with Gasteiger partial charge in [0, 0.05) is 30.9 Å². The van der Waals surface area contributed by atoms with E-state index in [1.807, 2.05) is 39.0 Å². The highest BCUT2D eigenvalue weighted by Gasteiger charge is 2.34. The van der Waals surface area contributed by atoms with E-state index in [1.165, 1.54) is 0 Å². The molecule has 2 rings (SSSR count). The highest BCUT2D eigenvalue weighted by atomic mass is 16.6. The first-order valence-electron chi connectivity index (χ1n) is 5.84. The Bertz CT molecular complexity index is 392. The van der Waals surface area contributed by atoms with Gasteiger partial charge in [0.15, 0.2) is 0 Å². The molecule has 17 heavy (non-hydrogen) atoms. The van der Waals surface area contributed by atoms with E-state index in [1.54, 1.807) is 11.1 Å². The summed E-state index contributed by atoms with van der Waals surface area (Å²) in [6.45, 7) is 7.03. The quantitative estimate of drug-likeness (QED) is 0.749. The van der Waals surface area contributed by atoms with Gasteiger partial charge in [-0.15, -0.1) is 0 Å². The molecule has 0 atom stereocenters. The molecule has 1 amide bonds. The molecule has 1 saturated heterocycles. The second-order valence-electron chi connectivity index (χ2n) is 5.34. The van der Waals surface area contributed by atoms with Crippen LogP contribution in [0.1, 0.15) is 32.4 Å². The third-order valence-electron chi connectivity index (χ3n) is 2.64. The van der Waals surface area contributed by atoms with Crippen LogP contribution in [0.3, 0.4) is 0 Å². The molecule has 0 aromatic carbocycles. The molecule has 1 fully saturated rings. The second-order valence-corrected chi connectivity index (χ2v) is 5.34. The number of hydrogen-bond donors (Lipinski definition) is 0. The second kappa shape index (κ2) is 4.35. The average Bonchev–Trinajstić information content (AvgIpc) is 2.14. The van der Waals surface area contributed by atoms with Crippen LogP contribution in [0.5, 0.6) is 0 Å². The molecule has 1 aliphatic heterocycles. The Kier molecular flexibility index (Phi) is 3.05. The zero-order valence-corrected chi connectivity index (χ0v) is 10.5. The fraction of sp³-hybridized carbons (Fsp3) is 0.538. The van der Waals surface area contributed by atoms with Crippen molar-refractivity contribution in [2.24, 2.45) is 0 Å². The lowest BCUT2D eigenvalue weighted by Gasteiger charge is -2.39. The first-order chi connectivity index (χ1) is 7.96. The summed E-state index contributed by atoms with van der Waals surface area (Å²) < 4.78 is 5.29. The molecule has 0 unspecified atom stereocenters. The average molecular weight is 234 g/mol. The lowest BCUT2D eigenvalue weighted by atomic mass is 9.96. The first-order valence-corrected chi connectivity index (χ1v) is 5.84. The Hall–Kier alpha value is -1.58. The van der Waals surface area contributed by atoms with Crippen LogP contribution in [-0.2, 0) is 4.74 Å². The third kappa shape index (κ3) is 2.96. The number of likely N-dealkylation sites (tertiary alicyclic amines) is 1. The molecule has 1 aromatic heterocycles. The van der Waals surface area contributed by atoms with Gasteiger partial charge in [0.1, 0.15) is 5.60 Å². The summed E-state index contributed by atoms with van der Waals surface area (Å²) in [7, 11) is 0. The number of amides is 1. The molecule has 4 nitrogen and oxygen atoms in total. The number of pyridine rings is 1. The van der Waals surface area contributed by atoms with Gasteiger partial charge in [-0.05, 0) is 32.9 Å². The maximum Gasteiger partial charge on any atom is 0.410 e. The number of carbonyl (C=O) groups excluding carboxylic acids is 1. The lowest BCUT2D eigenvalue weighted by Crippen LogP contribution is -2.50. The van der Waals surface area contributed by atoms with E-state index in [0.29, 0.717) is 19.0 Å². The van der Waals surface area contributed by atoms with E-state index in [2.05, 4.69) is 4.98 Å². The Labute approximate surface area is 102 Å². The highest BCUT2D eigenvalue weighted by molar-refractivity contribution is 5.69. The first kappa shape index (κ1) is 11.9. The molecular formula is C13H18N2O2. The lowest BCUT2D eigenvalue weighted by molar-refractivity contribution is 0.00788. The maximum atomic E-state index is 11.7. The van der Waals surface area contributed by atoms with Crippen LogP contribution < -0.4 is 0 Å². The van der Waals surface area contributed by atoms with E-state index in [0.717, 1.165) is 5.69 Å². The van der Waals surface area contributed by atoms with Gasteiger partial charge in [0.05, 0.1) is 0 Å². The molecular weight excluding hydrogens is 216 g/mol. The number of nitrogens with zero attached hydrogens (tertiary/aromatic N) is 2. The normalized spacial score (nSPS) is 16.5. The van der Waals surface area contributed by atoms with Crippen LogP contribution in [0.25, 0.3) is 0 Å². The topological polar surface area (TPSA) is 42.4 Å². The van der Waals surface area contributed by atoms with Crippen molar-refractivity contribution in [3.8, 4) is 0 Å². The Balaban J connectivity index is 1.85. The van der Waals surface area contributed by atoms with Gasteiger partial charge in [0.2, 0.25) is 0 Å². The van der Waals surface area contributed by atoms with Gasteiger partial charge in [-0.25, -0.2) is 4.79 Å². The van der Waals surface area contributed by atoms with Crippen molar-refractivity contribution >= 4 is 6.09 Å². The molecule has 0 aliphatic carbocycles. The summed E-state index contributed by atoms with van der Waals surface area (Å²) in [6, 6.07) is 5.86. The van der Waals surface area contributed by atoms with E-state index in [9.17, 15) is 4.79 Å². The minimum atomic E-state index is -0.423. The van der Waals surface area contributed by atoms with Crippen LogP contribution >= 0.6 is 0 Å². The van der Waals surface area contributed by atoms with Crippen molar-refractivity contribution < 1.29 is 9.53 Å². The molecule has 4 heteroatoms. The number of rotatable bonds is 1. The van der Waals surface area contributed by atoms with Crippen LogP contribution in [0.4, 0.5) is 4.79 Å². The minimum Gasteiger partial charge on any atom is -0.444 e. The van der Waals surface area contributed by atoms with E-state index in [-0.39, 0.29) is 6.09 Å². The number of ether oxygens (including phenoxy) is 1. The Morgan fingerprint density at radius 2 is 2.12 bits per heavy atom. The predicted octanol–water partition coefficient (Wildman–Crippen LogP) is 2.42. The summed E-state index contributed by atoms with van der Waals surface area (Å²) in [5, 5.41) is 0. The van der Waals surface area contributed by atoms with Crippen LogP contribution in [0, 0.1) is 0 Å². The molecule has 0 saturated carbocycles. The van der Waals surface area contributed by atoms with Crippen molar-refractivity contribution in [3.63, 3.8) is 0 Å². The monoisotopic (exact) mass is 234 g/mol. The summed E-state index contributed by atoms with van der Waals surface area (Å²) in [4.78, 5) is 17.7. The zero-order chi connectivity index (χ0) is 12.5. The molecule has 1 aromatic rings. The van der Waals surface area contributed by atoms with Gasteiger partial charge < -0.3 is 9.64 Å². The number of aromatic nitrogens is 1. The van der Waals surface area contributed by atoms with Crippen molar-refractivity contribution in [1.29, 1.82) is 0 Å². The van der Waals surface area contributed by atoms with Crippen molar-refractivity contribution in [2.45, 2.75) is 32.3 Å². The molecule has 0 N–H and O–H groups in total. The van der Waals surface area contributed by atoms with Crippen molar-refractivity contribution in [3.05, 3.63) is 30.1 Å². The van der Waals surface area contributed by atoms with Gasteiger partial charge in [0.25, 0.3) is 0 Å². The zero-order valence-electron chi connectivity index (χ0n) is 10.5. The van der Waals surface area contributed by atoms with E-state index in [4.69, 9.17) is 4.74 Å². The van der Waals surface area contributed by atoms with Crippen LogP contribution in [-0.4, -0.2) is 34.7 Å². The summed E-state index contributed by atoms with van der Waals surface area (Å²) >= 11 is 0. The predicted molar refractivity (Wildman–Crippen MR) is 64.8 cm³/mol. The molecule has 92 valence electrons. The fourth-order valence-corrected chi connectivity index (χ4v) is 1.76. The molecule has 0 bridgehead atoms. The van der Waals surface area contributed by atoms with Crippen molar-refractivity contribution in [1.82, 2.24) is 9.88 Å². The standard InChI is InChI=1S/C13H18N2O2/c1-13(2,3)17-12(16)15-8-10(9-15)11-6-4-5-7-14-11/h4-7,10H,8-9H2,1-3H3. The number of hydrogen-bond acceptors (Lipinski definition) is 3. The van der Waals surface area contributed by atoms with Gasteiger partial charge in [-0.3, -0.25) is 4.98 Å². The highest BCUT2D eigenvalue weighted by Crippen LogP contribution is 2.26. The van der Waals surface area contributed by atoms with E-state index >= 15 is 0 Å². The minimum absolute atomic E-state index is 0.232. The largest absolute Gasteiger partial charge is 0.444 e. The smallest absolute Gasteiger partial charge is 0.410 e. The van der Waals surface area contributed by atoms with Crippen molar-refractivity contribution in [2.75, 3.05) is 13.1 Å².